The van der Waals surface area contributed by atoms with Gasteiger partial charge in [-0.25, -0.2) is 0 Å². The van der Waals surface area contributed by atoms with Crippen molar-refractivity contribution in [3.05, 3.63) is 48.5 Å². The van der Waals surface area contributed by atoms with Crippen molar-refractivity contribution in [1.82, 2.24) is 0 Å². The minimum atomic E-state index is -2.83. The molecule has 2 rings (SSSR count). The molecule has 0 fully saturated rings. The van der Waals surface area contributed by atoms with E-state index in [-0.39, 0.29) is 5.75 Å². The molecular formula is C18H21F2N3OS. The summed E-state index contributed by atoms with van der Waals surface area (Å²) in [4.78, 5) is 2.25. The number of thiocarbonyl (C=S) groups is 1. The van der Waals surface area contributed by atoms with Gasteiger partial charge in [-0.1, -0.05) is 0 Å². The molecule has 0 saturated heterocycles. The third-order valence-electron chi connectivity index (χ3n) is 3.59. The first kappa shape index (κ1) is 18.9. The second-order valence-corrected chi connectivity index (χ2v) is 5.61. The Morgan fingerprint density at radius 1 is 0.960 bits per heavy atom. The predicted molar refractivity (Wildman–Crippen MR) is 103 cm³/mol. The van der Waals surface area contributed by atoms with E-state index in [9.17, 15) is 8.78 Å². The molecule has 0 atom stereocenters. The van der Waals surface area contributed by atoms with Gasteiger partial charge >= 0.3 is 6.61 Å². The number of hydrogen-bond donors (Lipinski definition) is 2. The average Bonchev–Trinajstić information content (AvgIpc) is 2.59. The maximum absolute atomic E-state index is 12.1. The predicted octanol–water partition coefficient (Wildman–Crippen LogP) is 4.94. The van der Waals surface area contributed by atoms with Gasteiger partial charge < -0.3 is 20.3 Å². The van der Waals surface area contributed by atoms with E-state index in [4.69, 9.17) is 12.2 Å². The molecule has 2 aromatic carbocycles. The second kappa shape index (κ2) is 9.17. The summed E-state index contributed by atoms with van der Waals surface area (Å²) in [5.74, 6) is 0.103. The van der Waals surface area contributed by atoms with E-state index < -0.39 is 6.61 Å². The molecule has 0 aromatic heterocycles. The van der Waals surface area contributed by atoms with E-state index in [1.807, 2.05) is 24.3 Å². The highest BCUT2D eigenvalue weighted by Crippen LogP contribution is 2.20. The van der Waals surface area contributed by atoms with E-state index >= 15 is 0 Å². The number of nitrogens with zero attached hydrogens (tertiary/aromatic N) is 1. The Hall–Kier alpha value is -2.41. The summed E-state index contributed by atoms with van der Waals surface area (Å²) in [7, 11) is 0. The highest BCUT2D eigenvalue weighted by molar-refractivity contribution is 7.80. The highest BCUT2D eigenvalue weighted by Gasteiger charge is 2.05. The van der Waals surface area contributed by atoms with Gasteiger partial charge in [0.25, 0.3) is 0 Å². The summed E-state index contributed by atoms with van der Waals surface area (Å²) in [5, 5.41) is 6.50. The minimum absolute atomic E-state index is 0.103. The lowest BCUT2D eigenvalue weighted by Gasteiger charge is -2.21. The molecule has 2 N–H and O–H groups in total. The van der Waals surface area contributed by atoms with Crippen molar-refractivity contribution in [3.8, 4) is 5.75 Å². The van der Waals surface area contributed by atoms with Gasteiger partial charge in [-0.3, -0.25) is 0 Å². The van der Waals surface area contributed by atoms with Crippen LogP contribution in [0.15, 0.2) is 48.5 Å². The molecule has 0 aliphatic carbocycles. The van der Waals surface area contributed by atoms with Crippen LogP contribution in [-0.2, 0) is 0 Å². The first-order valence-corrected chi connectivity index (χ1v) is 8.40. The van der Waals surface area contributed by atoms with Crippen LogP contribution in [0.25, 0.3) is 0 Å². The molecule has 0 aliphatic heterocycles. The Morgan fingerprint density at radius 3 is 1.88 bits per heavy atom. The molecule has 4 nitrogen and oxygen atoms in total. The molecule has 0 saturated carbocycles. The molecule has 7 heteroatoms. The number of benzene rings is 2. The number of halogens is 2. The Morgan fingerprint density at radius 2 is 1.44 bits per heavy atom. The summed E-state index contributed by atoms with van der Waals surface area (Å²) in [6.45, 7) is 3.31. The van der Waals surface area contributed by atoms with E-state index in [1.165, 1.54) is 12.1 Å². The normalized spacial score (nSPS) is 10.4. The third kappa shape index (κ3) is 5.86. The summed E-state index contributed by atoms with van der Waals surface area (Å²) in [5.41, 5.74) is 2.70. The quantitative estimate of drug-likeness (QED) is 0.680. The number of rotatable bonds is 7. The zero-order valence-electron chi connectivity index (χ0n) is 14.1. The molecular weight excluding hydrogens is 344 g/mol. The number of nitrogens with one attached hydrogen (secondary N) is 2. The fourth-order valence-corrected chi connectivity index (χ4v) is 2.59. The van der Waals surface area contributed by atoms with Crippen molar-refractivity contribution in [2.75, 3.05) is 28.6 Å². The van der Waals surface area contributed by atoms with Gasteiger partial charge in [0.05, 0.1) is 0 Å². The van der Waals surface area contributed by atoms with Gasteiger partial charge in [-0.15, -0.1) is 0 Å². The first-order valence-electron chi connectivity index (χ1n) is 7.99. The highest BCUT2D eigenvalue weighted by atomic mass is 32.1. The largest absolute Gasteiger partial charge is 0.435 e. The smallest absolute Gasteiger partial charge is 0.387 e. The van der Waals surface area contributed by atoms with E-state index in [0.717, 1.165) is 24.5 Å². The lowest BCUT2D eigenvalue weighted by molar-refractivity contribution is -0.0498. The van der Waals surface area contributed by atoms with Crippen LogP contribution in [-0.4, -0.2) is 24.8 Å². The molecule has 0 aliphatic rings. The lowest BCUT2D eigenvalue weighted by atomic mass is 10.2. The molecule has 0 bridgehead atoms. The minimum Gasteiger partial charge on any atom is -0.435 e. The standard InChI is InChI=1S/C18H21F2N3OS/c1-3-23(4-2)15-9-5-13(6-10-15)21-18(25)22-14-7-11-16(12-8-14)24-17(19)20/h5-12,17H,3-4H2,1-2H3,(H2,21,22,25). The van der Waals surface area contributed by atoms with Crippen LogP contribution in [0.3, 0.4) is 0 Å². The third-order valence-corrected chi connectivity index (χ3v) is 3.80. The molecule has 0 unspecified atom stereocenters. The van der Waals surface area contributed by atoms with Crippen molar-refractivity contribution in [3.63, 3.8) is 0 Å². The number of hydrogen-bond acceptors (Lipinski definition) is 3. The SMILES string of the molecule is CCN(CC)c1ccc(NC(=S)Nc2ccc(OC(F)F)cc2)cc1. The number of ether oxygens (including phenoxy) is 1. The monoisotopic (exact) mass is 365 g/mol. The van der Waals surface area contributed by atoms with E-state index in [0.29, 0.717) is 10.8 Å². The molecule has 0 amide bonds. The molecule has 0 radical (unpaired) electrons. The van der Waals surface area contributed by atoms with Crippen molar-refractivity contribution in [1.29, 1.82) is 0 Å². The van der Waals surface area contributed by atoms with Crippen LogP contribution >= 0.6 is 12.2 Å². The van der Waals surface area contributed by atoms with Crippen LogP contribution in [0, 0.1) is 0 Å². The zero-order chi connectivity index (χ0) is 18.2. The Bertz CT molecular complexity index is 674. The van der Waals surface area contributed by atoms with Crippen LogP contribution in [0.5, 0.6) is 5.75 Å². The summed E-state index contributed by atoms with van der Waals surface area (Å²) >= 11 is 5.27. The van der Waals surface area contributed by atoms with E-state index in [1.54, 1.807) is 12.1 Å². The van der Waals surface area contributed by atoms with E-state index in [2.05, 4.69) is 34.1 Å². The van der Waals surface area contributed by atoms with Gasteiger partial charge in [-0.2, -0.15) is 8.78 Å². The molecule has 2 aromatic rings. The lowest BCUT2D eigenvalue weighted by Crippen LogP contribution is -2.22. The maximum Gasteiger partial charge on any atom is 0.387 e. The number of anilines is 3. The first-order chi connectivity index (χ1) is 12.0. The van der Waals surface area contributed by atoms with Gasteiger partial charge in [0.1, 0.15) is 5.75 Å². The Balaban J connectivity index is 1.91. The fourth-order valence-electron chi connectivity index (χ4n) is 2.36. The molecule has 25 heavy (non-hydrogen) atoms. The Kier molecular flexibility index (Phi) is 6.94. The van der Waals surface area contributed by atoms with Crippen molar-refractivity contribution in [2.24, 2.45) is 0 Å². The van der Waals surface area contributed by atoms with Crippen molar-refractivity contribution >= 4 is 34.4 Å². The van der Waals surface area contributed by atoms with Gasteiger partial charge in [0, 0.05) is 30.2 Å². The topological polar surface area (TPSA) is 36.5 Å². The van der Waals surface area contributed by atoms with Crippen molar-refractivity contribution in [2.45, 2.75) is 20.5 Å². The second-order valence-electron chi connectivity index (χ2n) is 5.20. The fraction of sp³-hybridized carbons (Fsp3) is 0.278. The van der Waals surface area contributed by atoms with Gasteiger partial charge in [-0.05, 0) is 74.6 Å². The molecule has 134 valence electrons. The summed E-state index contributed by atoms with van der Waals surface area (Å²) in [6, 6.07) is 14.1. The van der Waals surface area contributed by atoms with Gasteiger partial charge in [0.15, 0.2) is 5.11 Å². The number of alkyl halides is 2. The zero-order valence-corrected chi connectivity index (χ0v) is 14.9. The van der Waals surface area contributed by atoms with Crippen LogP contribution in [0.4, 0.5) is 25.8 Å². The Labute approximate surface area is 151 Å². The molecule has 0 spiro atoms. The van der Waals surface area contributed by atoms with Crippen LogP contribution < -0.4 is 20.3 Å². The van der Waals surface area contributed by atoms with Gasteiger partial charge in [0.2, 0.25) is 0 Å². The molecule has 0 heterocycles. The van der Waals surface area contributed by atoms with Crippen molar-refractivity contribution < 1.29 is 13.5 Å². The summed E-state index contributed by atoms with van der Waals surface area (Å²) < 4.78 is 28.6. The average molecular weight is 365 g/mol. The van der Waals surface area contributed by atoms with Crippen LogP contribution in [0.1, 0.15) is 13.8 Å². The van der Waals surface area contributed by atoms with Crippen LogP contribution in [0.2, 0.25) is 0 Å². The summed E-state index contributed by atoms with van der Waals surface area (Å²) in [6.07, 6.45) is 0. The maximum atomic E-state index is 12.1.